The third kappa shape index (κ3) is 2.62. The summed E-state index contributed by atoms with van der Waals surface area (Å²) in [5, 5.41) is 0. The van der Waals surface area contributed by atoms with Crippen LogP contribution >= 0.6 is 0 Å². The minimum absolute atomic E-state index is 0.419. The van der Waals surface area contributed by atoms with Crippen LogP contribution in [0.5, 0.6) is 0 Å². The lowest BCUT2D eigenvalue weighted by Crippen LogP contribution is -2.41. The van der Waals surface area contributed by atoms with Crippen LogP contribution in [-0.2, 0) is 12.8 Å². The predicted octanol–water partition coefficient (Wildman–Crippen LogP) is 2.67. The van der Waals surface area contributed by atoms with Gasteiger partial charge in [-0.3, -0.25) is 0 Å². The zero-order valence-electron chi connectivity index (χ0n) is 11.9. The Morgan fingerprint density at radius 3 is 2.74 bits per heavy atom. The lowest BCUT2D eigenvalue weighted by molar-refractivity contribution is 0.376. The Morgan fingerprint density at radius 2 is 2.00 bits per heavy atom. The van der Waals surface area contributed by atoms with Gasteiger partial charge < -0.3 is 10.6 Å². The number of nitrogens with zero attached hydrogens (tertiary/aromatic N) is 2. The standard InChI is InChI=1S/C16H25N3/c1-2-19(14-9-7-13(17)8-10-14)16-11-6-12-4-3-5-15(12)18-16/h6,11,13-14H,2-5,7-10,17H2,1H3. The minimum Gasteiger partial charge on any atom is -0.354 e. The van der Waals surface area contributed by atoms with Crippen LogP contribution in [0.4, 0.5) is 5.82 Å². The average Bonchev–Trinajstić information content (AvgIpc) is 2.89. The summed E-state index contributed by atoms with van der Waals surface area (Å²) in [4.78, 5) is 7.40. The second-order valence-electron chi connectivity index (χ2n) is 5.98. The number of rotatable bonds is 3. The van der Waals surface area contributed by atoms with Gasteiger partial charge in [0.2, 0.25) is 0 Å². The average molecular weight is 259 g/mol. The summed E-state index contributed by atoms with van der Waals surface area (Å²) in [5.74, 6) is 1.18. The van der Waals surface area contributed by atoms with Gasteiger partial charge in [-0.15, -0.1) is 0 Å². The van der Waals surface area contributed by atoms with Gasteiger partial charge in [-0.1, -0.05) is 6.07 Å². The Morgan fingerprint density at radius 1 is 1.21 bits per heavy atom. The molecule has 0 radical (unpaired) electrons. The number of aromatic nitrogens is 1. The summed E-state index contributed by atoms with van der Waals surface area (Å²) in [5.41, 5.74) is 8.82. The molecule has 0 bridgehead atoms. The van der Waals surface area contributed by atoms with E-state index in [1.807, 2.05) is 0 Å². The number of anilines is 1. The van der Waals surface area contributed by atoms with Gasteiger partial charge in [-0.2, -0.15) is 0 Å². The molecule has 2 aliphatic carbocycles. The summed E-state index contributed by atoms with van der Waals surface area (Å²) in [7, 11) is 0. The number of nitrogens with two attached hydrogens (primary N) is 1. The van der Waals surface area contributed by atoms with E-state index in [0.29, 0.717) is 12.1 Å². The summed E-state index contributed by atoms with van der Waals surface area (Å²) in [6.45, 7) is 3.29. The van der Waals surface area contributed by atoms with Crippen LogP contribution in [0, 0.1) is 0 Å². The Kier molecular flexibility index (Phi) is 3.74. The highest BCUT2D eigenvalue weighted by molar-refractivity contribution is 5.44. The number of pyridine rings is 1. The minimum atomic E-state index is 0.419. The molecule has 0 atom stereocenters. The summed E-state index contributed by atoms with van der Waals surface area (Å²) < 4.78 is 0. The van der Waals surface area contributed by atoms with E-state index in [1.54, 1.807) is 0 Å². The van der Waals surface area contributed by atoms with Gasteiger partial charge in [0.05, 0.1) is 0 Å². The zero-order chi connectivity index (χ0) is 13.2. The first-order valence-corrected chi connectivity index (χ1v) is 7.79. The highest BCUT2D eigenvalue weighted by Crippen LogP contribution is 2.28. The second-order valence-corrected chi connectivity index (χ2v) is 5.98. The Labute approximate surface area is 116 Å². The predicted molar refractivity (Wildman–Crippen MR) is 79.5 cm³/mol. The molecule has 0 aromatic carbocycles. The van der Waals surface area contributed by atoms with E-state index >= 15 is 0 Å². The van der Waals surface area contributed by atoms with Crippen molar-refractivity contribution in [3.05, 3.63) is 23.4 Å². The van der Waals surface area contributed by atoms with Crippen molar-refractivity contribution in [2.75, 3.05) is 11.4 Å². The van der Waals surface area contributed by atoms with Gasteiger partial charge in [0.25, 0.3) is 0 Å². The molecule has 0 saturated heterocycles. The van der Waals surface area contributed by atoms with E-state index in [1.165, 1.54) is 42.8 Å². The number of aryl methyl sites for hydroxylation is 2. The van der Waals surface area contributed by atoms with Gasteiger partial charge in [0.1, 0.15) is 5.82 Å². The smallest absolute Gasteiger partial charge is 0.129 e. The SMILES string of the molecule is CCN(c1ccc2c(n1)CCC2)C1CCC(N)CC1. The monoisotopic (exact) mass is 259 g/mol. The zero-order valence-corrected chi connectivity index (χ0v) is 11.9. The fourth-order valence-corrected chi connectivity index (χ4v) is 3.59. The highest BCUT2D eigenvalue weighted by atomic mass is 15.2. The van der Waals surface area contributed by atoms with Crippen LogP contribution in [-0.4, -0.2) is 23.6 Å². The molecule has 0 aliphatic heterocycles. The maximum Gasteiger partial charge on any atom is 0.129 e. The van der Waals surface area contributed by atoms with Crippen LogP contribution in [0.15, 0.2) is 12.1 Å². The summed E-state index contributed by atoms with van der Waals surface area (Å²) >= 11 is 0. The maximum absolute atomic E-state index is 6.02. The molecule has 1 heterocycles. The van der Waals surface area contributed by atoms with Gasteiger partial charge in [0, 0.05) is 24.3 Å². The van der Waals surface area contributed by atoms with Crippen molar-refractivity contribution in [2.45, 2.75) is 64.0 Å². The fraction of sp³-hybridized carbons (Fsp3) is 0.688. The van der Waals surface area contributed by atoms with Gasteiger partial charge >= 0.3 is 0 Å². The number of fused-ring (bicyclic) bond motifs is 1. The van der Waals surface area contributed by atoms with E-state index in [0.717, 1.165) is 25.8 Å². The number of hydrogen-bond donors (Lipinski definition) is 1. The van der Waals surface area contributed by atoms with Crippen LogP contribution < -0.4 is 10.6 Å². The van der Waals surface area contributed by atoms with E-state index in [-0.39, 0.29) is 0 Å². The van der Waals surface area contributed by atoms with E-state index in [2.05, 4.69) is 24.0 Å². The molecule has 3 rings (SSSR count). The van der Waals surface area contributed by atoms with Crippen molar-refractivity contribution in [1.82, 2.24) is 4.98 Å². The Bertz CT molecular complexity index is 436. The molecular weight excluding hydrogens is 234 g/mol. The maximum atomic E-state index is 6.02. The van der Waals surface area contributed by atoms with Crippen molar-refractivity contribution < 1.29 is 0 Å². The molecule has 3 nitrogen and oxygen atoms in total. The van der Waals surface area contributed by atoms with E-state index in [9.17, 15) is 0 Å². The molecule has 0 spiro atoms. The second kappa shape index (κ2) is 5.49. The van der Waals surface area contributed by atoms with Crippen LogP contribution in [0.3, 0.4) is 0 Å². The molecule has 3 heteroatoms. The molecule has 2 aliphatic rings. The molecule has 1 fully saturated rings. The van der Waals surface area contributed by atoms with E-state index < -0.39 is 0 Å². The molecule has 19 heavy (non-hydrogen) atoms. The first kappa shape index (κ1) is 12.9. The molecule has 0 unspecified atom stereocenters. The Hall–Kier alpha value is -1.09. The summed E-state index contributed by atoms with van der Waals surface area (Å²) in [6, 6.07) is 5.57. The van der Waals surface area contributed by atoms with Crippen LogP contribution in [0.1, 0.15) is 50.3 Å². The molecule has 104 valence electrons. The topological polar surface area (TPSA) is 42.2 Å². The van der Waals surface area contributed by atoms with Crippen LogP contribution in [0.2, 0.25) is 0 Å². The quantitative estimate of drug-likeness (QED) is 0.907. The third-order valence-corrected chi connectivity index (χ3v) is 4.73. The Balaban J connectivity index is 1.78. The summed E-state index contributed by atoms with van der Waals surface area (Å²) in [6.07, 6.45) is 8.40. The first-order chi connectivity index (χ1) is 9.28. The van der Waals surface area contributed by atoms with E-state index in [4.69, 9.17) is 10.7 Å². The molecule has 0 amide bonds. The van der Waals surface area contributed by atoms with Crippen molar-refractivity contribution in [3.63, 3.8) is 0 Å². The molecule has 1 saturated carbocycles. The fourth-order valence-electron chi connectivity index (χ4n) is 3.59. The molecular formula is C16H25N3. The third-order valence-electron chi connectivity index (χ3n) is 4.73. The van der Waals surface area contributed by atoms with Gasteiger partial charge in [-0.25, -0.2) is 4.98 Å². The molecule has 1 aromatic rings. The lowest BCUT2D eigenvalue weighted by atomic mass is 9.90. The van der Waals surface area contributed by atoms with Crippen molar-refractivity contribution in [1.29, 1.82) is 0 Å². The first-order valence-electron chi connectivity index (χ1n) is 7.79. The lowest BCUT2D eigenvalue weighted by Gasteiger charge is -2.36. The largest absolute Gasteiger partial charge is 0.354 e. The van der Waals surface area contributed by atoms with Gasteiger partial charge in [0.15, 0.2) is 0 Å². The highest BCUT2D eigenvalue weighted by Gasteiger charge is 2.25. The van der Waals surface area contributed by atoms with Gasteiger partial charge in [-0.05, 0) is 63.5 Å². The molecule has 2 N–H and O–H groups in total. The van der Waals surface area contributed by atoms with Crippen LogP contribution in [0.25, 0.3) is 0 Å². The van der Waals surface area contributed by atoms with Crippen molar-refractivity contribution in [2.24, 2.45) is 5.73 Å². The normalized spacial score (nSPS) is 26.2. The van der Waals surface area contributed by atoms with Crippen molar-refractivity contribution >= 4 is 5.82 Å². The number of hydrogen-bond acceptors (Lipinski definition) is 3. The molecule has 1 aromatic heterocycles. The van der Waals surface area contributed by atoms with Crippen molar-refractivity contribution in [3.8, 4) is 0 Å².